The Kier molecular flexibility index (Phi) is 3.63. The highest BCUT2D eigenvalue weighted by Gasteiger charge is 2.16. The summed E-state index contributed by atoms with van der Waals surface area (Å²) in [6.07, 6.45) is 4.16. The Bertz CT molecular complexity index is 482. The fourth-order valence-corrected chi connectivity index (χ4v) is 2.40. The summed E-state index contributed by atoms with van der Waals surface area (Å²) in [7, 11) is -3.44. The van der Waals surface area contributed by atoms with Gasteiger partial charge in [0.25, 0.3) is 0 Å². The molecule has 0 N–H and O–H groups in total. The lowest BCUT2D eigenvalue weighted by atomic mass is 10.4. The van der Waals surface area contributed by atoms with Crippen molar-refractivity contribution in [3.8, 4) is 0 Å². The number of allylic oxidation sites excluding steroid dienone is 3. The molecule has 0 unspecified atom stereocenters. The van der Waals surface area contributed by atoms with Gasteiger partial charge in [0.05, 0.1) is 9.80 Å². The van der Waals surface area contributed by atoms with Gasteiger partial charge in [-0.25, -0.2) is 8.42 Å². The summed E-state index contributed by atoms with van der Waals surface area (Å²) in [6.45, 7) is 6.94. The van der Waals surface area contributed by atoms with E-state index in [9.17, 15) is 8.42 Å². The van der Waals surface area contributed by atoms with Crippen molar-refractivity contribution in [2.75, 3.05) is 0 Å². The van der Waals surface area contributed by atoms with Crippen LogP contribution in [0, 0.1) is 0 Å². The van der Waals surface area contributed by atoms with E-state index in [0.29, 0.717) is 0 Å². The van der Waals surface area contributed by atoms with Gasteiger partial charge >= 0.3 is 0 Å². The van der Waals surface area contributed by atoms with Gasteiger partial charge in [-0.15, -0.1) is 0 Å². The van der Waals surface area contributed by atoms with Crippen molar-refractivity contribution >= 4 is 9.84 Å². The Morgan fingerprint density at radius 1 is 1.13 bits per heavy atom. The van der Waals surface area contributed by atoms with Gasteiger partial charge in [0.15, 0.2) is 0 Å². The fraction of sp³-hybridized carbons (Fsp3) is 0. The van der Waals surface area contributed by atoms with Crippen LogP contribution in [0.3, 0.4) is 0 Å². The first kappa shape index (κ1) is 11.5. The second-order valence-corrected chi connectivity index (χ2v) is 4.78. The van der Waals surface area contributed by atoms with Crippen LogP contribution in [-0.2, 0) is 9.84 Å². The first-order valence-corrected chi connectivity index (χ1v) is 5.86. The third kappa shape index (κ3) is 2.44. The van der Waals surface area contributed by atoms with Crippen molar-refractivity contribution in [1.29, 1.82) is 0 Å². The highest BCUT2D eigenvalue weighted by atomic mass is 32.2. The molecule has 0 bridgehead atoms. The predicted molar refractivity (Wildman–Crippen MR) is 62.1 cm³/mol. The first-order valence-electron chi connectivity index (χ1n) is 4.38. The summed E-state index contributed by atoms with van der Waals surface area (Å²) < 4.78 is 23.9. The second-order valence-electron chi connectivity index (χ2n) is 2.83. The molecular formula is C12H12O2S. The molecule has 0 atom stereocenters. The van der Waals surface area contributed by atoms with E-state index < -0.39 is 9.84 Å². The normalized spacial score (nSPS) is 12.1. The summed E-state index contributed by atoms with van der Waals surface area (Å²) in [5.74, 6) is 0. The van der Waals surface area contributed by atoms with Gasteiger partial charge in [-0.05, 0) is 18.2 Å². The molecule has 0 aliphatic rings. The highest BCUT2D eigenvalue weighted by Crippen LogP contribution is 2.19. The third-order valence-electron chi connectivity index (χ3n) is 1.85. The molecule has 0 aliphatic heterocycles. The monoisotopic (exact) mass is 220 g/mol. The van der Waals surface area contributed by atoms with Gasteiger partial charge in [0, 0.05) is 0 Å². The number of hydrogen-bond acceptors (Lipinski definition) is 2. The summed E-state index contributed by atoms with van der Waals surface area (Å²) in [5.41, 5.74) is 0. The van der Waals surface area contributed by atoms with Gasteiger partial charge in [0.2, 0.25) is 9.84 Å². The van der Waals surface area contributed by atoms with Gasteiger partial charge in [-0.1, -0.05) is 43.5 Å². The Labute approximate surface area is 90.2 Å². The minimum Gasteiger partial charge on any atom is -0.219 e. The maximum absolute atomic E-state index is 12.0. The zero-order valence-corrected chi connectivity index (χ0v) is 9.07. The van der Waals surface area contributed by atoms with Crippen molar-refractivity contribution in [2.45, 2.75) is 4.90 Å². The number of rotatable bonds is 4. The molecule has 0 fully saturated rings. The maximum atomic E-state index is 12.0. The molecule has 1 aromatic rings. The predicted octanol–water partition coefficient (Wildman–Crippen LogP) is 2.72. The minimum absolute atomic E-state index is 0.156. The average Bonchev–Trinajstić information content (AvgIpc) is 2.27. The molecule has 0 spiro atoms. The van der Waals surface area contributed by atoms with Crippen molar-refractivity contribution in [3.05, 3.63) is 66.6 Å². The minimum atomic E-state index is -3.44. The lowest BCUT2D eigenvalue weighted by Gasteiger charge is -2.03. The van der Waals surface area contributed by atoms with E-state index in [1.165, 1.54) is 18.2 Å². The molecule has 3 heteroatoms. The molecule has 15 heavy (non-hydrogen) atoms. The van der Waals surface area contributed by atoms with Crippen LogP contribution in [0.25, 0.3) is 0 Å². The van der Waals surface area contributed by atoms with Crippen LogP contribution in [0.1, 0.15) is 0 Å². The molecule has 0 radical (unpaired) electrons. The zero-order chi connectivity index (χ0) is 11.3. The number of sulfone groups is 1. The first-order chi connectivity index (χ1) is 7.12. The van der Waals surface area contributed by atoms with E-state index in [-0.39, 0.29) is 9.80 Å². The largest absolute Gasteiger partial charge is 0.219 e. The van der Waals surface area contributed by atoms with Gasteiger partial charge in [-0.3, -0.25) is 0 Å². The highest BCUT2D eigenvalue weighted by molar-refractivity contribution is 7.95. The molecule has 2 nitrogen and oxygen atoms in total. The summed E-state index contributed by atoms with van der Waals surface area (Å²) in [5, 5.41) is 0. The Balaban J connectivity index is 3.31. The van der Waals surface area contributed by atoms with Crippen LogP contribution >= 0.6 is 0 Å². The maximum Gasteiger partial charge on any atom is 0.206 e. The Morgan fingerprint density at radius 3 is 2.20 bits per heavy atom. The molecule has 0 saturated carbocycles. The molecule has 0 aromatic heterocycles. The smallest absolute Gasteiger partial charge is 0.206 e. The van der Waals surface area contributed by atoms with E-state index >= 15 is 0 Å². The topological polar surface area (TPSA) is 34.1 Å². The SMILES string of the molecule is C=C/C=C(\C=C)S(=O)(=O)c1ccccc1. The van der Waals surface area contributed by atoms with E-state index in [1.54, 1.807) is 30.3 Å². The molecule has 0 heterocycles. The molecule has 0 amide bonds. The van der Waals surface area contributed by atoms with Crippen LogP contribution in [0.5, 0.6) is 0 Å². The van der Waals surface area contributed by atoms with Gasteiger partial charge in [-0.2, -0.15) is 0 Å². The molecule has 1 rings (SSSR count). The molecule has 0 aliphatic carbocycles. The number of hydrogen-bond donors (Lipinski definition) is 0. The molecule has 78 valence electrons. The lowest BCUT2D eigenvalue weighted by molar-refractivity contribution is 0.603. The molecular weight excluding hydrogens is 208 g/mol. The van der Waals surface area contributed by atoms with Crippen LogP contribution in [-0.4, -0.2) is 8.42 Å². The lowest BCUT2D eigenvalue weighted by Crippen LogP contribution is -2.02. The summed E-state index contributed by atoms with van der Waals surface area (Å²) >= 11 is 0. The van der Waals surface area contributed by atoms with Crippen LogP contribution in [0.2, 0.25) is 0 Å². The fourth-order valence-electron chi connectivity index (χ4n) is 1.12. The number of benzene rings is 1. The Hall–Kier alpha value is -1.61. The standard InChI is InChI=1S/C12H12O2S/c1-3-8-11(4-2)15(13,14)12-9-6-5-7-10-12/h3-10H,1-2H2/b11-8+. The summed E-state index contributed by atoms with van der Waals surface area (Å²) in [6, 6.07) is 8.23. The van der Waals surface area contributed by atoms with E-state index in [0.717, 1.165) is 0 Å². The van der Waals surface area contributed by atoms with Crippen molar-refractivity contribution in [1.82, 2.24) is 0 Å². The average molecular weight is 220 g/mol. The third-order valence-corrected chi connectivity index (χ3v) is 3.66. The molecule has 1 aromatic carbocycles. The van der Waals surface area contributed by atoms with Gasteiger partial charge in [0.1, 0.15) is 0 Å². The van der Waals surface area contributed by atoms with Crippen molar-refractivity contribution in [2.24, 2.45) is 0 Å². The molecule has 0 saturated heterocycles. The van der Waals surface area contributed by atoms with Crippen LogP contribution in [0.15, 0.2) is 71.5 Å². The quantitative estimate of drug-likeness (QED) is 0.731. The second kappa shape index (κ2) is 4.75. The van der Waals surface area contributed by atoms with E-state index in [4.69, 9.17) is 0 Å². The van der Waals surface area contributed by atoms with E-state index in [1.807, 2.05) is 0 Å². The van der Waals surface area contributed by atoms with Gasteiger partial charge < -0.3 is 0 Å². The van der Waals surface area contributed by atoms with Crippen LogP contribution < -0.4 is 0 Å². The van der Waals surface area contributed by atoms with Crippen molar-refractivity contribution < 1.29 is 8.42 Å². The van der Waals surface area contributed by atoms with Crippen LogP contribution in [0.4, 0.5) is 0 Å². The Morgan fingerprint density at radius 2 is 1.73 bits per heavy atom. The van der Waals surface area contributed by atoms with E-state index in [2.05, 4.69) is 13.2 Å². The van der Waals surface area contributed by atoms with Crippen molar-refractivity contribution in [3.63, 3.8) is 0 Å². The zero-order valence-electron chi connectivity index (χ0n) is 8.26. The summed E-state index contributed by atoms with van der Waals surface area (Å²) in [4.78, 5) is 0.418.